The van der Waals surface area contributed by atoms with Crippen LogP contribution in [0.2, 0.25) is 0 Å². The van der Waals surface area contributed by atoms with Crippen molar-refractivity contribution in [2.24, 2.45) is 28.6 Å². The van der Waals surface area contributed by atoms with Crippen molar-refractivity contribution in [3.05, 3.63) is 0 Å². The Labute approximate surface area is 142 Å². The summed E-state index contributed by atoms with van der Waals surface area (Å²) < 4.78 is 5.05. The van der Waals surface area contributed by atoms with E-state index in [9.17, 15) is 9.90 Å². The zero-order chi connectivity index (χ0) is 17.1. The maximum Gasteiger partial charge on any atom is 0.305 e. The van der Waals surface area contributed by atoms with Gasteiger partial charge in [-0.05, 0) is 54.8 Å². The molecular weight excluding hydrogens is 292 g/mol. The summed E-state index contributed by atoms with van der Waals surface area (Å²) in [6, 6.07) is 0. The average molecular weight is 331 g/mol. The maximum atomic E-state index is 11.6. The van der Waals surface area contributed by atoms with Crippen LogP contribution in [0.25, 0.3) is 0 Å². The first-order valence-electron chi connectivity index (χ1n) is 8.80. The highest BCUT2D eigenvalue weighted by molar-refractivity contribution is 5.69. The number of hydrogen-bond acceptors (Lipinski definition) is 3. The van der Waals surface area contributed by atoms with Crippen molar-refractivity contribution in [1.82, 2.24) is 0 Å². The van der Waals surface area contributed by atoms with Gasteiger partial charge in [-0.2, -0.15) is 0 Å². The number of rotatable bonds is 4. The molecule has 0 spiro atoms. The van der Waals surface area contributed by atoms with Crippen LogP contribution in [0.3, 0.4) is 0 Å². The van der Waals surface area contributed by atoms with Crippen LogP contribution in [0, 0.1) is 28.6 Å². The SMILES string of the molecule is CCOC(=O)CCC1CC(C(C)(C)C)C(O)C(C(C)(C)C)C1.O. The van der Waals surface area contributed by atoms with Gasteiger partial charge in [0.25, 0.3) is 0 Å². The molecule has 1 rings (SSSR count). The van der Waals surface area contributed by atoms with Crippen LogP contribution in [0.4, 0.5) is 0 Å². The second-order valence-corrected chi connectivity index (χ2v) is 9.12. The van der Waals surface area contributed by atoms with Crippen LogP contribution in [-0.4, -0.2) is 29.3 Å². The molecule has 0 bridgehead atoms. The Morgan fingerprint density at radius 3 is 1.83 bits per heavy atom. The Kier molecular flexibility index (Phi) is 8.25. The van der Waals surface area contributed by atoms with Crippen LogP contribution in [0.1, 0.15) is 74.1 Å². The van der Waals surface area contributed by atoms with Gasteiger partial charge in [-0.1, -0.05) is 41.5 Å². The zero-order valence-electron chi connectivity index (χ0n) is 16.1. The fraction of sp³-hybridized carbons (Fsp3) is 0.947. The number of hydrogen-bond donors (Lipinski definition) is 1. The molecule has 4 heteroatoms. The number of aliphatic hydroxyl groups excluding tert-OH is 1. The van der Waals surface area contributed by atoms with Crippen molar-refractivity contribution in [3.63, 3.8) is 0 Å². The van der Waals surface area contributed by atoms with Crippen LogP contribution >= 0.6 is 0 Å². The molecule has 1 fully saturated rings. The Bertz CT molecular complexity index is 341. The summed E-state index contributed by atoms with van der Waals surface area (Å²) in [5.74, 6) is 0.991. The molecule has 23 heavy (non-hydrogen) atoms. The van der Waals surface area contributed by atoms with E-state index in [1.54, 1.807) is 0 Å². The normalized spacial score (nSPS) is 28.9. The third kappa shape index (κ3) is 6.42. The number of ether oxygens (including phenoxy) is 1. The lowest BCUT2D eigenvalue weighted by Gasteiger charge is -2.49. The predicted molar refractivity (Wildman–Crippen MR) is 94.1 cm³/mol. The predicted octanol–water partition coefficient (Wildman–Crippen LogP) is 3.60. The van der Waals surface area contributed by atoms with Gasteiger partial charge >= 0.3 is 5.97 Å². The lowest BCUT2D eigenvalue weighted by molar-refractivity contribution is -0.144. The van der Waals surface area contributed by atoms with E-state index in [4.69, 9.17) is 4.74 Å². The molecule has 1 aliphatic rings. The van der Waals surface area contributed by atoms with Crippen molar-refractivity contribution >= 4 is 5.97 Å². The van der Waals surface area contributed by atoms with Crippen LogP contribution in [0.5, 0.6) is 0 Å². The first-order valence-corrected chi connectivity index (χ1v) is 8.80. The highest BCUT2D eigenvalue weighted by Gasteiger charge is 2.45. The molecule has 0 aromatic heterocycles. The molecule has 0 aromatic carbocycles. The molecule has 0 heterocycles. The molecular formula is C19H38O4. The molecule has 1 aliphatic carbocycles. The van der Waals surface area contributed by atoms with Gasteiger partial charge in [-0.3, -0.25) is 4.79 Å². The quantitative estimate of drug-likeness (QED) is 0.800. The summed E-state index contributed by atoms with van der Waals surface area (Å²) in [5.41, 5.74) is 0.178. The minimum absolute atomic E-state index is 0. The standard InChI is InChI=1S/C19H36O3.H2O/c1-8-22-16(20)10-9-13-11-14(18(2,3)4)17(21)15(12-13)19(5,6)7;/h13-15,17,21H,8-12H2,1-7H3;1H2. The Balaban J connectivity index is 0.00000484. The van der Waals surface area contributed by atoms with E-state index in [2.05, 4.69) is 41.5 Å². The summed E-state index contributed by atoms with van der Waals surface area (Å²) in [5, 5.41) is 10.9. The van der Waals surface area contributed by atoms with Crippen molar-refractivity contribution in [2.45, 2.75) is 80.3 Å². The summed E-state index contributed by atoms with van der Waals surface area (Å²) in [6.45, 7) is 15.6. The van der Waals surface area contributed by atoms with Crippen molar-refractivity contribution < 1.29 is 20.1 Å². The summed E-state index contributed by atoms with van der Waals surface area (Å²) in [7, 11) is 0. The topological polar surface area (TPSA) is 78.0 Å². The van der Waals surface area contributed by atoms with E-state index in [1.165, 1.54) is 0 Å². The number of aliphatic hydroxyl groups is 1. The maximum absolute atomic E-state index is 11.6. The summed E-state index contributed by atoms with van der Waals surface area (Å²) in [4.78, 5) is 11.6. The lowest BCUT2D eigenvalue weighted by atomic mass is 9.58. The molecule has 0 aromatic rings. The largest absolute Gasteiger partial charge is 0.466 e. The van der Waals surface area contributed by atoms with Gasteiger partial charge in [-0.15, -0.1) is 0 Å². The van der Waals surface area contributed by atoms with Crippen LogP contribution in [0.15, 0.2) is 0 Å². The van der Waals surface area contributed by atoms with E-state index in [1.807, 2.05) is 6.92 Å². The van der Waals surface area contributed by atoms with Gasteiger partial charge in [-0.25, -0.2) is 0 Å². The molecule has 0 radical (unpaired) electrons. The number of carbonyl (C=O) groups excluding carboxylic acids is 1. The number of esters is 1. The van der Waals surface area contributed by atoms with Gasteiger partial charge < -0.3 is 15.3 Å². The second-order valence-electron chi connectivity index (χ2n) is 9.12. The molecule has 2 atom stereocenters. The van der Waals surface area contributed by atoms with Gasteiger partial charge in [0, 0.05) is 6.42 Å². The molecule has 0 amide bonds. The first kappa shape index (κ1) is 22.4. The minimum Gasteiger partial charge on any atom is -0.466 e. The first-order chi connectivity index (χ1) is 9.96. The average Bonchev–Trinajstić information content (AvgIpc) is 2.35. The van der Waals surface area contributed by atoms with Crippen molar-refractivity contribution in [3.8, 4) is 0 Å². The third-order valence-electron chi connectivity index (χ3n) is 5.29. The molecule has 0 saturated heterocycles. The van der Waals surface area contributed by atoms with Gasteiger partial charge in [0.2, 0.25) is 0 Å². The van der Waals surface area contributed by atoms with Crippen LogP contribution in [-0.2, 0) is 9.53 Å². The van der Waals surface area contributed by atoms with Gasteiger partial charge in [0.15, 0.2) is 0 Å². The lowest BCUT2D eigenvalue weighted by Crippen LogP contribution is -2.47. The minimum atomic E-state index is -0.251. The highest BCUT2D eigenvalue weighted by atomic mass is 16.5. The fourth-order valence-electron chi connectivity index (χ4n) is 3.90. The van der Waals surface area contributed by atoms with E-state index in [0.717, 1.165) is 19.3 Å². The molecule has 138 valence electrons. The third-order valence-corrected chi connectivity index (χ3v) is 5.29. The van der Waals surface area contributed by atoms with Gasteiger partial charge in [0.05, 0.1) is 12.7 Å². The number of carbonyl (C=O) groups is 1. The van der Waals surface area contributed by atoms with Gasteiger partial charge in [0.1, 0.15) is 0 Å². The highest BCUT2D eigenvalue weighted by Crippen LogP contribution is 2.49. The van der Waals surface area contributed by atoms with E-state index in [-0.39, 0.29) is 40.2 Å². The van der Waals surface area contributed by atoms with E-state index >= 15 is 0 Å². The van der Waals surface area contributed by atoms with Crippen LogP contribution < -0.4 is 0 Å². The second kappa shape index (κ2) is 8.48. The fourth-order valence-corrected chi connectivity index (χ4v) is 3.90. The Morgan fingerprint density at radius 1 is 1.04 bits per heavy atom. The summed E-state index contributed by atoms with van der Waals surface area (Å²) >= 11 is 0. The van der Waals surface area contributed by atoms with E-state index in [0.29, 0.717) is 18.9 Å². The molecule has 2 unspecified atom stereocenters. The van der Waals surface area contributed by atoms with Crippen molar-refractivity contribution in [2.75, 3.05) is 6.61 Å². The molecule has 4 nitrogen and oxygen atoms in total. The Morgan fingerprint density at radius 2 is 1.48 bits per heavy atom. The van der Waals surface area contributed by atoms with Crippen molar-refractivity contribution in [1.29, 1.82) is 0 Å². The Hall–Kier alpha value is -0.610. The molecule has 3 N–H and O–H groups in total. The molecule has 0 aliphatic heterocycles. The smallest absolute Gasteiger partial charge is 0.305 e. The zero-order valence-corrected chi connectivity index (χ0v) is 16.1. The molecule has 1 saturated carbocycles. The summed E-state index contributed by atoms with van der Waals surface area (Å²) in [6.07, 6.45) is 3.15. The van der Waals surface area contributed by atoms with E-state index < -0.39 is 0 Å². The monoisotopic (exact) mass is 330 g/mol.